The number of amides is 2. The highest BCUT2D eigenvalue weighted by atomic mass is 35.5. The van der Waals surface area contributed by atoms with Crippen molar-refractivity contribution in [2.24, 2.45) is 5.73 Å². The summed E-state index contributed by atoms with van der Waals surface area (Å²) >= 11 is 6.22. The van der Waals surface area contributed by atoms with Crippen molar-refractivity contribution in [3.05, 3.63) is 65.1 Å². The van der Waals surface area contributed by atoms with Gasteiger partial charge in [-0.3, -0.25) is 14.0 Å². The monoisotopic (exact) mass is 423 g/mol. The number of hydrogen-bond acceptors (Lipinski definition) is 4. The molecule has 0 saturated carbocycles. The zero-order valence-corrected chi connectivity index (χ0v) is 17.1. The molecule has 3 N–H and O–H groups in total. The van der Waals surface area contributed by atoms with Gasteiger partial charge in [-0.25, -0.2) is 4.98 Å². The van der Waals surface area contributed by atoms with Gasteiger partial charge in [-0.1, -0.05) is 17.7 Å². The number of rotatable bonds is 5. The molecule has 0 aliphatic carbocycles. The van der Waals surface area contributed by atoms with Crippen molar-refractivity contribution in [3.8, 4) is 0 Å². The third-order valence-corrected chi connectivity index (χ3v) is 5.43. The lowest BCUT2D eigenvalue weighted by atomic mass is 10.1. The van der Waals surface area contributed by atoms with Crippen molar-refractivity contribution in [2.75, 3.05) is 23.3 Å². The van der Waals surface area contributed by atoms with Crippen LogP contribution in [0.1, 0.15) is 35.3 Å². The maximum Gasteiger partial charge on any atom is 0.248 e. The lowest BCUT2D eigenvalue weighted by Crippen LogP contribution is -2.30. The largest absolute Gasteiger partial charge is 0.370 e. The van der Waals surface area contributed by atoms with Crippen LogP contribution in [0.25, 0.3) is 11.7 Å². The fourth-order valence-electron chi connectivity index (χ4n) is 3.66. The molecular weight excluding hydrogens is 402 g/mol. The Morgan fingerprint density at radius 2 is 1.93 bits per heavy atom. The summed E-state index contributed by atoms with van der Waals surface area (Å²) in [6.07, 6.45) is 8.24. The standard InChI is InChI=1S/C22H22ClN5O2/c23-21-18(28-13-5-2-6-19(28)26-21)9-10-20(29)25-16-14-15(22(24)30)7-8-17(16)27-11-3-1-4-12-27/h2,5-10,13-14H,1,3-4,11-12H2,(H2,24,30)(H,25,29). The summed E-state index contributed by atoms with van der Waals surface area (Å²) in [5, 5.41) is 3.20. The molecular formula is C22H22ClN5O2. The normalized spacial score (nSPS) is 14.4. The summed E-state index contributed by atoms with van der Waals surface area (Å²) in [5.74, 6) is -0.874. The van der Waals surface area contributed by atoms with Gasteiger partial charge in [0.25, 0.3) is 0 Å². The molecule has 1 aliphatic rings. The van der Waals surface area contributed by atoms with E-state index in [-0.39, 0.29) is 5.91 Å². The summed E-state index contributed by atoms with van der Waals surface area (Å²) in [4.78, 5) is 30.8. The molecule has 154 valence electrons. The van der Waals surface area contributed by atoms with Crippen LogP contribution in [0.2, 0.25) is 5.15 Å². The van der Waals surface area contributed by atoms with Crippen molar-refractivity contribution in [2.45, 2.75) is 19.3 Å². The van der Waals surface area contributed by atoms with Gasteiger partial charge in [0.1, 0.15) is 5.65 Å². The fraction of sp³-hybridized carbons (Fsp3) is 0.227. The minimum atomic E-state index is -0.538. The number of fused-ring (bicyclic) bond motifs is 1. The van der Waals surface area contributed by atoms with E-state index in [2.05, 4.69) is 15.2 Å². The van der Waals surface area contributed by atoms with Gasteiger partial charge in [-0.2, -0.15) is 0 Å². The van der Waals surface area contributed by atoms with E-state index in [4.69, 9.17) is 17.3 Å². The molecule has 30 heavy (non-hydrogen) atoms. The summed E-state index contributed by atoms with van der Waals surface area (Å²) in [5.41, 5.74) is 8.54. The highest BCUT2D eigenvalue weighted by Crippen LogP contribution is 2.30. The molecule has 0 radical (unpaired) electrons. The third kappa shape index (κ3) is 4.16. The quantitative estimate of drug-likeness (QED) is 0.611. The molecule has 0 unspecified atom stereocenters. The molecule has 2 amide bonds. The molecule has 1 aliphatic heterocycles. The molecule has 3 aromatic rings. The van der Waals surface area contributed by atoms with E-state index >= 15 is 0 Å². The molecule has 4 rings (SSSR count). The smallest absolute Gasteiger partial charge is 0.248 e. The lowest BCUT2D eigenvalue weighted by Gasteiger charge is -2.30. The summed E-state index contributed by atoms with van der Waals surface area (Å²) in [7, 11) is 0. The highest BCUT2D eigenvalue weighted by molar-refractivity contribution is 6.31. The first-order chi connectivity index (χ1) is 14.5. The average Bonchev–Trinajstić information content (AvgIpc) is 3.07. The average molecular weight is 424 g/mol. The Hall–Kier alpha value is -3.32. The number of carbonyl (C=O) groups excluding carboxylic acids is 2. The highest BCUT2D eigenvalue weighted by Gasteiger charge is 2.17. The number of halogens is 1. The fourth-order valence-corrected chi connectivity index (χ4v) is 3.90. The molecule has 8 heteroatoms. The van der Waals surface area contributed by atoms with Crippen LogP contribution in [0.4, 0.5) is 11.4 Å². The number of hydrogen-bond donors (Lipinski definition) is 2. The van der Waals surface area contributed by atoms with Crippen LogP contribution in [-0.4, -0.2) is 34.3 Å². The number of primary amides is 1. The van der Waals surface area contributed by atoms with E-state index in [9.17, 15) is 9.59 Å². The van der Waals surface area contributed by atoms with Gasteiger partial charge in [-0.05, 0) is 55.7 Å². The van der Waals surface area contributed by atoms with Crippen LogP contribution in [-0.2, 0) is 4.79 Å². The van der Waals surface area contributed by atoms with E-state index in [0.29, 0.717) is 27.7 Å². The number of benzene rings is 1. The van der Waals surface area contributed by atoms with Crippen LogP contribution in [0.3, 0.4) is 0 Å². The number of piperidine rings is 1. The first kappa shape index (κ1) is 20.0. The molecule has 0 bridgehead atoms. The minimum absolute atomic E-state index is 0.315. The summed E-state index contributed by atoms with van der Waals surface area (Å²) < 4.78 is 1.80. The van der Waals surface area contributed by atoms with Gasteiger partial charge in [0, 0.05) is 30.9 Å². The Bertz CT molecular complexity index is 1130. The van der Waals surface area contributed by atoms with Crippen LogP contribution in [0.15, 0.2) is 48.7 Å². The molecule has 1 saturated heterocycles. The van der Waals surface area contributed by atoms with E-state index in [0.717, 1.165) is 31.6 Å². The van der Waals surface area contributed by atoms with Crippen molar-refractivity contribution in [1.82, 2.24) is 9.38 Å². The molecule has 2 aromatic heterocycles. The maximum atomic E-state index is 12.7. The lowest BCUT2D eigenvalue weighted by molar-refractivity contribution is -0.111. The first-order valence-electron chi connectivity index (χ1n) is 9.83. The van der Waals surface area contributed by atoms with E-state index in [1.54, 1.807) is 22.6 Å². The predicted molar refractivity (Wildman–Crippen MR) is 119 cm³/mol. The van der Waals surface area contributed by atoms with Gasteiger partial charge < -0.3 is 16.0 Å². The molecule has 1 fully saturated rings. The molecule has 0 spiro atoms. The zero-order valence-electron chi connectivity index (χ0n) is 16.3. The van der Waals surface area contributed by atoms with Gasteiger partial charge in [0.05, 0.1) is 17.1 Å². The molecule has 7 nitrogen and oxygen atoms in total. The van der Waals surface area contributed by atoms with Gasteiger partial charge in [-0.15, -0.1) is 0 Å². The zero-order chi connectivity index (χ0) is 21.1. The van der Waals surface area contributed by atoms with E-state index in [1.807, 2.05) is 30.5 Å². The van der Waals surface area contributed by atoms with Crippen LogP contribution >= 0.6 is 11.6 Å². The topological polar surface area (TPSA) is 92.7 Å². The maximum absolute atomic E-state index is 12.7. The van der Waals surface area contributed by atoms with E-state index < -0.39 is 5.91 Å². The number of aromatic nitrogens is 2. The SMILES string of the molecule is NC(=O)c1ccc(N2CCCCC2)c(NC(=O)C=Cc2c(Cl)nc3ccccn23)c1. The van der Waals surface area contributed by atoms with Crippen molar-refractivity contribution >= 4 is 46.5 Å². The minimum Gasteiger partial charge on any atom is -0.370 e. The molecule has 0 atom stereocenters. The van der Waals surface area contributed by atoms with Crippen molar-refractivity contribution in [1.29, 1.82) is 0 Å². The number of imidazole rings is 1. The van der Waals surface area contributed by atoms with Crippen LogP contribution < -0.4 is 16.0 Å². The Morgan fingerprint density at radius 1 is 1.13 bits per heavy atom. The number of pyridine rings is 1. The second-order valence-corrected chi connectivity index (χ2v) is 7.54. The number of anilines is 2. The third-order valence-electron chi connectivity index (χ3n) is 5.15. The Morgan fingerprint density at radius 3 is 2.70 bits per heavy atom. The van der Waals surface area contributed by atoms with Crippen LogP contribution in [0, 0.1) is 0 Å². The number of nitrogens with one attached hydrogen (secondary N) is 1. The van der Waals surface area contributed by atoms with E-state index in [1.165, 1.54) is 12.5 Å². The Kier molecular flexibility index (Phi) is 5.72. The summed E-state index contributed by atoms with van der Waals surface area (Å²) in [6, 6.07) is 10.7. The number of nitrogens with zero attached hydrogens (tertiary/aromatic N) is 3. The number of carbonyl (C=O) groups is 2. The van der Waals surface area contributed by atoms with Gasteiger partial charge >= 0.3 is 0 Å². The van der Waals surface area contributed by atoms with Crippen LogP contribution in [0.5, 0.6) is 0 Å². The predicted octanol–water partition coefficient (Wildman–Crippen LogP) is 3.73. The second kappa shape index (κ2) is 8.59. The number of nitrogens with two attached hydrogens (primary N) is 1. The first-order valence-corrected chi connectivity index (χ1v) is 10.2. The summed E-state index contributed by atoms with van der Waals surface area (Å²) in [6.45, 7) is 1.82. The van der Waals surface area contributed by atoms with Crippen molar-refractivity contribution in [3.63, 3.8) is 0 Å². The van der Waals surface area contributed by atoms with Gasteiger partial charge in [0.15, 0.2) is 5.15 Å². The Labute approximate surface area is 179 Å². The van der Waals surface area contributed by atoms with Crippen molar-refractivity contribution < 1.29 is 9.59 Å². The second-order valence-electron chi connectivity index (χ2n) is 7.18. The molecule has 1 aromatic carbocycles. The Balaban J connectivity index is 1.60. The van der Waals surface area contributed by atoms with Gasteiger partial charge in [0.2, 0.25) is 11.8 Å². The molecule has 3 heterocycles.